The van der Waals surface area contributed by atoms with E-state index in [1.165, 1.54) is 17.7 Å². The second-order valence-corrected chi connectivity index (χ2v) is 4.93. The molecule has 20 heavy (non-hydrogen) atoms. The molecule has 100 valence electrons. The van der Waals surface area contributed by atoms with Crippen LogP contribution in [0.4, 0.5) is 0 Å². The molecule has 0 bridgehead atoms. The van der Waals surface area contributed by atoms with E-state index in [9.17, 15) is 4.79 Å². The highest BCUT2D eigenvalue weighted by molar-refractivity contribution is 7.12. The Hall–Kier alpha value is -2.54. The maximum Gasteiger partial charge on any atom is 0.261 e. The van der Waals surface area contributed by atoms with Crippen LogP contribution in [0.15, 0.2) is 48.5 Å². The third-order valence-electron chi connectivity index (χ3n) is 2.69. The summed E-state index contributed by atoms with van der Waals surface area (Å²) in [6.07, 6.45) is 4.71. The lowest BCUT2D eigenvalue weighted by Crippen LogP contribution is -2.23. The molecule has 0 saturated heterocycles. The number of thiophene rings is 1. The Labute approximate surface area is 119 Å². The molecule has 1 amide bonds. The lowest BCUT2D eigenvalue weighted by atomic mass is 10.2. The van der Waals surface area contributed by atoms with Crippen molar-refractivity contribution in [2.75, 3.05) is 0 Å². The zero-order valence-electron chi connectivity index (χ0n) is 10.4. The summed E-state index contributed by atoms with van der Waals surface area (Å²) in [4.78, 5) is 20.8. The average molecular weight is 285 g/mol. The molecule has 7 heteroatoms. The van der Waals surface area contributed by atoms with Crippen LogP contribution >= 0.6 is 11.3 Å². The molecular formula is C13H11N5OS. The van der Waals surface area contributed by atoms with Crippen LogP contribution in [0, 0.1) is 0 Å². The van der Waals surface area contributed by atoms with Crippen LogP contribution in [0.2, 0.25) is 0 Å². The highest BCUT2D eigenvalue weighted by Gasteiger charge is 2.09. The summed E-state index contributed by atoms with van der Waals surface area (Å²) in [6, 6.07) is 7.37. The van der Waals surface area contributed by atoms with E-state index in [0.29, 0.717) is 17.2 Å². The zero-order chi connectivity index (χ0) is 13.8. The predicted molar refractivity (Wildman–Crippen MR) is 74.6 cm³/mol. The van der Waals surface area contributed by atoms with E-state index in [4.69, 9.17) is 0 Å². The van der Waals surface area contributed by atoms with Crippen molar-refractivity contribution in [1.29, 1.82) is 0 Å². The van der Waals surface area contributed by atoms with E-state index in [1.54, 1.807) is 23.3 Å². The number of amides is 1. The molecule has 3 heterocycles. The molecule has 0 radical (unpaired) electrons. The largest absolute Gasteiger partial charge is 0.347 e. The van der Waals surface area contributed by atoms with Gasteiger partial charge in [-0.15, -0.1) is 11.3 Å². The van der Waals surface area contributed by atoms with E-state index in [0.717, 1.165) is 5.56 Å². The second-order valence-electron chi connectivity index (χ2n) is 3.99. The minimum absolute atomic E-state index is 0.0895. The minimum atomic E-state index is -0.0895. The first-order chi connectivity index (χ1) is 9.84. The third kappa shape index (κ3) is 2.57. The Balaban J connectivity index is 1.77. The fourth-order valence-corrected chi connectivity index (χ4v) is 2.40. The van der Waals surface area contributed by atoms with Gasteiger partial charge in [0.05, 0.1) is 4.88 Å². The molecule has 0 saturated carbocycles. The smallest absolute Gasteiger partial charge is 0.261 e. The number of hydrogen-bond donors (Lipinski definition) is 1. The van der Waals surface area contributed by atoms with Gasteiger partial charge in [-0.05, 0) is 17.5 Å². The van der Waals surface area contributed by atoms with Gasteiger partial charge in [0.25, 0.3) is 5.91 Å². The van der Waals surface area contributed by atoms with Gasteiger partial charge in [0.2, 0.25) is 0 Å². The molecule has 0 spiro atoms. The normalized spacial score (nSPS) is 10.4. The molecule has 0 aliphatic heterocycles. The van der Waals surface area contributed by atoms with Crippen molar-refractivity contribution in [2.45, 2.75) is 6.54 Å². The summed E-state index contributed by atoms with van der Waals surface area (Å²) in [5.74, 6) is 0.574. The Morgan fingerprint density at radius 2 is 2.30 bits per heavy atom. The summed E-state index contributed by atoms with van der Waals surface area (Å²) in [5.41, 5.74) is 0.878. The molecule has 0 aliphatic rings. The standard InChI is InChI=1S/C13H11N5OS/c19-13(11-4-2-6-20-11)16-7-10-3-1-5-15-12(10)18-9-14-8-17-18/h1-6,8-9H,7H2,(H,16,19). The average Bonchev–Trinajstić information content (AvgIpc) is 3.17. The maximum atomic E-state index is 11.9. The Morgan fingerprint density at radius 3 is 3.05 bits per heavy atom. The van der Waals surface area contributed by atoms with Gasteiger partial charge in [-0.3, -0.25) is 4.79 Å². The third-order valence-corrected chi connectivity index (χ3v) is 3.56. The number of carbonyl (C=O) groups is 1. The van der Waals surface area contributed by atoms with Crippen molar-refractivity contribution >= 4 is 17.2 Å². The van der Waals surface area contributed by atoms with E-state index >= 15 is 0 Å². The van der Waals surface area contributed by atoms with Crippen molar-refractivity contribution in [2.24, 2.45) is 0 Å². The van der Waals surface area contributed by atoms with Crippen LogP contribution in [0.5, 0.6) is 0 Å². The molecule has 3 aromatic heterocycles. The van der Waals surface area contributed by atoms with Gasteiger partial charge in [-0.1, -0.05) is 12.1 Å². The molecular weight excluding hydrogens is 274 g/mol. The lowest BCUT2D eigenvalue weighted by molar-refractivity contribution is 0.0955. The topological polar surface area (TPSA) is 72.7 Å². The summed E-state index contributed by atoms with van der Waals surface area (Å²) in [5, 5.41) is 8.81. The number of rotatable bonds is 4. The number of nitrogens with one attached hydrogen (secondary N) is 1. The number of nitrogens with zero attached hydrogens (tertiary/aromatic N) is 4. The van der Waals surface area contributed by atoms with E-state index < -0.39 is 0 Å². The summed E-state index contributed by atoms with van der Waals surface area (Å²) >= 11 is 1.41. The predicted octanol–water partition coefficient (Wildman–Crippen LogP) is 1.65. The Bertz CT molecular complexity index is 693. The van der Waals surface area contributed by atoms with Crippen LogP contribution in [0.25, 0.3) is 5.82 Å². The molecule has 3 aromatic rings. The van der Waals surface area contributed by atoms with Crippen LogP contribution < -0.4 is 5.32 Å². The van der Waals surface area contributed by atoms with Gasteiger partial charge >= 0.3 is 0 Å². The fraction of sp³-hybridized carbons (Fsp3) is 0.0769. The van der Waals surface area contributed by atoms with Gasteiger partial charge < -0.3 is 5.32 Å². The van der Waals surface area contributed by atoms with Crippen molar-refractivity contribution in [3.63, 3.8) is 0 Å². The van der Waals surface area contributed by atoms with Gasteiger partial charge in [0.15, 0.2) is 5.82 Å². The highest BCUT2D eigenvalue weighted by Crippen LogP contribution is 2.11. The van der Waals surface area contributed by atoms with Crippen molar-refractivity contribution in [3.8, 4) is 5.82 Å². The van der Waals surface area contributed by atoms with Gasteiger partial charge in [-0.2, -0.15) is 5.10 Å². The molecule has 6 nitrogen and oxygen atoms in total. The van der Waals surface area contributed by atoms with Crippen LogP contribution in [-0.4, -0.2) is 25.7 Å². The molecule has 0 aliphatic carbocycles. The van der Waals surface area contributed by atoms with Crippen molar-refractivity contribution in [3.05, 3.63) is 58.9 Å². The fourth-order valence-electron chi connectivity index (χ4n) is 1.76. The van der Waals surface area contributed by atoms with Gasteiger partial charge in [0, 0.05) is 18.3 Å². The minimum Gasteiger partial charge on any atom is -0.347 e. The molecule has 0 unspecified atom stereocenters. The van der Waals surface area contributed by atoms with E-state index in [1.807, 2.05) is 23.6 Å². The first kappa shape index (κ1) is 12.5. The SMILES string of the molecule is O=C(NCc1cccnc1-n1cncn1)c1cccs1. The first-order valence-corrected chi connectivity index (χ1v) is 6.83. The number of aromatic nitrogens is 4. The number of hydrogen-bond acceptors (Lipinski definition) is 5. The summed E-state index contributed by atoms with van der Waals surface area (Å²) in [7, 11) is 0. The molecule has 0 fully saturated rings. The van der Waals surface area contributed by atoms with Gasteiger partial charge in [0.1, 0.15) is 12.7 Å². The molecule has 1 N–H and O–H groups in total. The zero-order valence-corrected chi connectivity index (χ0v) is 11.2. The van der Waals surface area contributed by atoms with E-state index in [2.05, 4.69) is 20.4 Å². The second kappa shape index (κ2) is 5.62. The van der Waals surface area contributed by atoms with Gasteiger partial charge in [-0.25, -0.2) is 14.6 Å². The number of carbonyl (C=O) groups excluding carboxylic acids is 1. The summed E-state index contributed by atoms with van der Waals surface area (Å²) in [6.45, 7) is 0.389. The monoisotopic (exact) mass is 285 g/mol. The van der Waals surface area contributed by atoms with Crippen molar-refractivity contribution < 1.29 is 4.79 Å². The maximum absolute atomic E-state index is 11.9. The van der Waals surface area contributed by atoms with Crippen LogP contribution in [0.3, 0.4) is 0 Å². The quantitative estimate of drug-likeness (QED) is 0.791. The molecule has 0 atom stereocenters. The van der Waals surface area contributed by atoms with Crippen LogP contribution in [-0.2, 0) is 6.54 Å². The highest BCUT2D eigenvalue weighted by atomic mass is 32.1. The number of pyridine rings is 1. The summed E-state index contributed by atoms with van der Waals surface area (Å²) < 4.78 is 1.58. The molecule has 0 aromatic carbocycles. The Morgan fingerprint density at radius 1 is 1.35 bits per heavy atom. The lowest BCUT2D eigenvalue weighted by Gasteiger charge is -2.08. The van der Waals surface area contributed by atoms with Crippen LogP contribution in [0.1, 0.15) is 15.2 Å². The molecule has 3 rings (SSSR count). The van der Waals surface area contributed by atoms with E-state index in [-0.39, 0.29) is 5.91 Å². The van der Waals surface area contributed by atoms with Crippen molar-refractivity contribution in [1.82, 2.24) is 25.1 Å². The Kier molecular flexibility index (Phi) is 3.51. The first-order valence-electron chi connectivity index (χ1n) is 5.95.